The number of rotatable bonds is 6. The van der Waals surface area contributed by atoms with E-state index in [0.717, 1.165) is 23.8 Å². The summed E-state index contributed by atoms with van der Waals surface area (Å²) in [6.45, 7) is 8.02. The van der Waals surface area contributed by atoms with Crippen molar-refractivity contribution in [1.82, 2.24) is 19.7 Å². The molecule has 2 heterocycles. The Balaban J connectivity index is 2.09. The molecule has 0 saturated carbocycles. The van der Waals surface area contributed by atoms with Crippen LogP contribution in [0.1, 0.15) is 18.3 Å². The molecule has 0 radical (unpaired) electrons. The van der Waals surface area contributed by atoms with Crippen LogP contribution in [0.15, 0.2) is 18.5 Å². The molecule has 0 bridgehead atoms. The van der Waals surface area contributed by atoms with Gasteiger partial charge in [0.1, 0.15) is 5.82 Å². The Hall–Kier alpha value is -1.95. The molecule has 2 aromatic rings. The van der Waals surface area contributed by atoms with Gasteiger partial charge in [-0.1, -0.05) is 0 Å². The van der Waals surface area contributed by atoms with Crippen molar-refractivity contribution >= 4 is 5.82 Å². The van der Waals surface area contributed by atoms with E-state index < -0.39 is 0 Å². The number of nitrogens with zero attached hydrogens (tertiary/aromatic N) is 4. The summed E-state index contributed by atoms with van der Waals surface area (Å²) in [6, 6.07) is 2.01. The Bertz CT molecular complexity index is 538. The molecule has 1 N–H and O–H groups in total. The van der Waals surface area contributed by atoms with Crippen molar-refractivity contribution in [3.8, 4) is 5.82 Å². The average Bonchev–Trinajstić information content (AvgIpc) is 2.74. The smallest absolute Gasteiger partial charge is 0.174 e. The molecule has 2 rings (SSSR count). The van der Waals surface area contributed by atoms with Crippen molar-refractivity contribution in [1.29, 1.82) is 0 Å². The number of hydrogen-bond acceptors (Lipinski definition) is 5. The molecule has 2 aromatic heterocycles. The van der Waals surface area contributed by atoms with Crippen LogP contribution in [-0.2, 0) is 4.74 Å². The van der Waals surface area contributed by atoms with Gasteiger partial charge in [0.2, 0.25) is 0 Å². The van der Waals surface area contributed by atoms with E-state index in [9.17, 15) is 0 Å². The molecule has 0 aromatic carbocycles. The number of aromatic nitrogens is 4. The van der Waals surface area contributed by atoms with Crippen LogP contribution >= 0.6 is 0 Å². The molecule has 6 nitrogen and oxygen atoms in total. The molecule has 0 aliphatic heterocycles. The lowest BCUT2D eigenvalue weighted by molar-refractivity contribution is 0.158. The lowest BCUT2D eigenvalue weighted by atomic mass is 10.4. The number of aryl methyl sites for hydroxylation is 2. The van der Waals surface area contributed by atoms with Crippen LogP contribution < -0.4 is 5.32 Å². The first-order valence-corrected chi connectivity index (χ1v) is 6.38. The summed E-state index contributed by atoms with van der Waals surface area (Å²) in [5, 5.41) is 7.57. The SMILES string of the molecule is CCOCCNc1cncc(-n2nc(C)cc2C)n1. The van der Waals surface area contributed by atoms with Crippen molar-refractivity contribution in [3.05, 3.63) is 29.8 Å². The van der Waals surface area contributed by atoms with Gasteiger partial charge in [-0.05, 0) is 26.8 Å². The Morgan fingerprint density at radius 2 is 2.16 bits per heavy atom. The van der Waals surface area contributed by atoms with Crippen LogP contribution in [0.25, 0.3) is 5.82 Å². The first kappa shape index (κ1) is 13.5. The zero-order valence-electron chi connectivity index (χ0n) is 11.6. The summed E-state index contributed by atoms with van der Waals surface area (Å²) in [6.07, 6.45) is 3.40. The van der Waals surface area contributed by atoms with E-state index >= 15 is 0 Å². The number of nitrogens with one attached hydrogen (secondary N) is 1. The highest BCUT2D eigenvalue weighted by atomic mass is 16.5. The highest BCUT2D eigenvalue weighted by molar-refractivity contribution is 5.36. The third-order valence-corrected chi connectivity index (χ3v) is 2.61. The number of anilines is 1. The monoisotopic (exact) mass is 261 g/mol. The second-order valence-corrected chi connectivity index (χ2v) is 4.23. The summed E-state index contributed by atoms with van der Waals surface area (Å²) in [5.74, 6) is 1.44. The van der Waals surface area contributed by atoms with E-state index in [1.54, 1.807) is 17.1 Å². The van der Waals surface area contributed by atoms with Gasteiger partial charge in [-0.15, -0.1) is 0 Å². The lowest BCUT2D eigenvalue weighted by Gasteiger charge is -2.07. The van der Waals surface area contributed by atoms with E-state index in [4.69, 9.17) is 4.74 Å². The molecule has 102 valence electrons. The molecule has 0 amide bonds. The molecular formula is C13H19N5O. The van der Waals surface area contributed by atoms with E-state index in [0.29, 0.717) is 19.0 Å². The van der Waals surface area contributed by atoms with Crippen LogP contribution in [0.4, 0.5) is 5.82 Å². The zero-order valence-corrected chi connectivity index (χ0v) is 11.6. The normalized spacial score (nSPS) is 10.7. The molecule has 0 aliphatic carbocycles. The van der Waals surface area contributed by atoms with Crippen molar-refractivity contribution < 1.29 is 4.74 Å². The van der Waals surface area contributed by atoms with Gasteiger partial charge >= 0.3 is 0 Å². The maximum Gasteiger partial charge on any atom is 0.174 e. The van der Waals surface area contributed by atoms with Crippen LogP contribution in [-0.4, -0.2) is 39.5 Å². The summed E-state index contributed by atoms with van der Waals surface area (Å²) < 4.78 is 7.05. The second kappa shape index (κ2) is 6.29. The average molecular weight is 261 g/mol. The summed E-state index contributed by atoms with van der Waals surface area (Å²) in [7, 11) is 0. The predicted molar refractivity (Wildman–Crippen MR) is 73.6 cm³/mol. The van der Waals surface area contributed by atoms with Crippen molar-refractivity contribution in [3.63, 3.8) is 0 Å². The van der Waals surface area contributed by atoms with Gasteiger partial charge in [-0.2, -0.15) is 5.10 Å². The molecule has 6 heteroatoms. The first-order valence-electron chi connectivity index (χ1n) is 6.38. The van der Waals surface area contributed by atoms with Crippen LogP contribution in [0.3, 0.4) is 0 Å². The molecule has 0 spiro atoms. The minimum Gasteiger partial charge on any atom is -0.380 e. The Kier molecular flexibility index (Phi) is 4.46. The van der Waals surface area contributed by atoms with Gasteiger partial charge in [0.25, 0.3) is 0 Å². The van der Waals surface area contributed by atoms with Crippen LogP contribution in [0.2, 0.25) is 0 Å². The molecule has 0 saturated heterocycles. The Morgan fingerprint density at radius 1 is 1.32 bits per heavy atom. The fourth-order valence-corrected chi connectivity index (χ4v) is 1.80. The van der Waals surface area contributed by atoms with Gasteiger partial charge in [0.15, 0.2) is 5.82 Å². The largest absolute Gasteiger partial charge is 0.380 e. The highest BCUT2D eigenvalue weighted by Gasteiger charge is 2.06. The van der Waals surface area contributed by atoms with Crippen molar-refractivity contribution in [2.45, 2.75) is 20.8 Å². The Morgan fingerprint density at radius 3 is 2.84 bits per heavy atom. The fourth-order valence-electron chi connectivity index (χ4n) is 1.80. The Labute approximate surface area is 112 Å². The highest BCUT2D eigenvalue weighted by Crippen LogP contribution is 2.10. The van der Waals surface area contributed by atoms with E-state index in [2.05, 4.69) is 20.4 Å². The maximum atomic E-state index is 5.26. The topological polar surface area (TPSA) is 64.9 Å². The standard InChI is InChI=1S/C13H19N5O/c1-4-19-6-5-15-12-8-14-9-13(16-12)18-11(3)7-10(2)17-18/h7-9H,4-6H2,1-3H3,(H,15,16). The molecule has 0 atom stereocenters. The maximum absolute atomic E-state index is 5.26. The third-order valence-electron chi connectivity index (χ3n) is 2.61. The number of ether oxygens (including phenoxy) is 1. The van der Waals surface area contributed by atoms with E-state index in [1.807, 2.05) is 26.8 Å². The second-order valence-electron chi connectivity index (χ2n) is 4.23. The van der Waals surface area contributed by atoms with Gasteiger partial charge in [-0.25, -0.2) is 9.67 Å². The third kappa shape index (κ3) is 3.51. The van der Waals surface area contributed by atoms with Crippen LogP contribution in [0.5, 0.6) is 0 Å². The van der Waals surface area contributed by atoms with Gasteiger partial charge in [0.05, 0.1) is 24.7 Å². The predicted octanol–water partition coefficient (Wildman–Crippen LogP) is 1.73. The molecule has 0 fully saturated rings. The first-order chi connectivity index (χ1) is 9.20. The van der Waals surface area contributed by atoms with Crippen molar-refractivity contribution in [2.24, 2.45) is 0 Å². The summed E-state index contributed by atoms with van der Waals surface area (Å²) in [5.41, 5.74) is 2.01. The van der Waals surface area contributed by atoms with E-state index in [1.165, 1.54) is 0 Å². The van der Waals surface area contributed by atoms with Crippen molar-refractivity contribution in [2.75, 3.05) is 25.1 Å². The van der Waals surface area contributed by atoms with Gasteiger partial charge in [0, 0.05) is 18.8 Å². The summed E-state index contributed by atoms with van der Waals surface area (Å²) in [4.78, 5) is 8.67. The summed E-state index contributed by atoms with van der Waals surface area (Å²) >= 11 is 0. The van der Waals surface area contributed by atoms with Crippen LogP contribution in [0, 0.1) is 13.8 Å². The number of hydrogen-bond donors (Lipinski definition) is 1. The fraction of sp³-hybridized carbons (Fsp3) is 0.462. The molecule has 19 heavy (non-hydrogen) atoms. The quantitative estimate of drug-likeness (QED) is 0.802. The van der Waals surface area contributed by atoms with E-state index in [-0.39, 0.29) is 0 Å². The lowest BCUT2D eigenvalue weighted by Crippen LogP contribution is -2.12. The van der Waals surface area contributed by atoms with Gasteiger partial charge < -0.3 is 10.1 Å². The minimum absolute atomic E-state index is 0.655. The molecule has 0 aliphatic rings. The minimum atomic E-state index is 0.655. The van der Waals surface area contributed by atoms with Gasteiger partial charge in [-0.3, -0.25) is 4.98 Å². The molecule has 0 unspecified atom stereocenters. The molecular weight excluding hydrogens is 242 g/mol. The zero-order chi connectivity index (χ0) is 13.7.